The van der Waals surface area contributed by atoms with Gasteiger partial charge in [0.25, 0.3) is 0 Å². The molecule has 0 unspecified atom stereocenters. The molecule has 0 saturated carbocycles. The van der Waals surface area contributed by atoms with Crippen LogP contribution in [0.2, 0.25) is 0 Å². The number of amides is 1. The zero-order chi connectivity index (χ0) is 24.6. The minimum atomic E-state index is -0.0855. The van der Waals surface area contributed by atoms with Crippen LogP contribution in [-0.2, 0) is 17.8 Å². The van der Waals surface area contributed by atoms with E-state index in [1.165, 1.54) is 11.8 Å². The summed E-state index contributed by atoms with van der Waals surface area (Å²) >= 11 is 1.34. The van der Waals surface area contributed by atoms with Crippen molar-refractivity contribution in [1.29, 1.82) is 0 Å². The first kappa shape index (κ1) is 24.3. The minimum Gasteiger partial charge on any atom is -0.497 e. The van der Waals surface area contributed by atoms with Gasteiger partial charge in [-0.2, -0.15) is 0 Å². The number of carbonyl (C=O) groups excluding carboxylic acids is 1. The maximum atomic E-state index is 12.8. The number of methoxy groups -OCH3 is 1. The van der Waals surface area contributed by atoms with Crippen molar-refractivity contribution in [3.63, 3.8) is 0 Å². The van der Waals surface area contributed by atoms with E-state index in [1.807, 2.05) is 84.3 Å². The third kappa shape index (κ3) is 6.02. The predicted octanol–water partition coefficient (Wildman–Crippen LogP) is 5.46. The molecule has 35 heavy (non-hydrogen) atoms. The van der Waals surface area contributed by atoms with E-state index in [1.54, 1.807) is 7.11 Å². The lowest BCUT2D eigenvalue weighted by Crippen LogP contribution is -2.16. The number of carbonyl (C=O) groups is 1. The normalized spacial score (nSPS) is 10.7. The van der Waals surface area contributed by atoms with Crippen LogP contribution in [0.5, 0.6) is 11.5 Å². The molecule has 0 bridgehead atoms. The zero-order valence-corrected chi connectivity index (χ0v) is 20.8. The fraction of sp³-hybridized carbons (Fsp3) is 0.222. The Morgan fingerprint density at radius 1 is 0.971 bits per heavy atom. The van der Waals surface area contributed by atoms with Crippen LogP contribution in [0.3, 0.4) is 0 Å². The van der Waals surface area contributed by atoms with E-state index in [4.69, 9.17) is 9.47 Å². The van der Waals surface area contributed by atoms with Gasteiger partial charge in [0.2, 0.25) is 5.91 Å². The number of nitrogens with zero attached hydrogens (tertiary/aromatic N) is 3. The van der Waals surface area contributed by atoms with Gasteiger partial charge in [0, 0.05) is 11.4 Å². The average molecular weight is 489 g/mol. The quantitative estimate of drug-likeness (QED) is 0.299. The van der Waals surface area contributed by atoms with Gasteiger partial charge >= 0.3 is 0 Å². The highest BCUT2D eigenvalue weighted by Gasteiger charge is 2.17. The number of benzene rings is 3. The summed E-state index contributed by atoms with van der Waals surface area (Å²) in [5.74, 6) is 2.23. The molecule has 1 aromatic heterocycles. The molecule has 0 aliphatic rings. The van der Waals surface area contributed by atoms with Crippen LogP contribution in [0.15, 0.2) is 78.0 Å². The van der Waals surface area contributed by atoms with Gasteiger partial charge in [-0.1, -0.05) is 55.1 Å². The third-order valence-corrected chi connectivity index (χ3v) is 6.41. The lowest BCUT2D eigenvalue weighted by atomic mass is 10.1. The fourth-order valence-electron chi connectivity index (χ4n) is 3.65. The maximum absolute atomic E-state index is 12.8. The van der Waals surface area contributed by atoms with Gasteiger partial charge in [-0.3, -0.25) is 9.36 Å². The number of aromatic nitrogens is 3. The van der Waals surface area contributed by atoms with E-state index < -0.39 is 0 Å². The van der Waals surface area contributed by atoms with Gasteiger partial charge in [0.15, 0.2) is 11.0 Å². The van der Waals surface area contributed by atoms with Gasteiger partial charge in [-0.05, 0) is 60.9 Å². The molecule has 1 N–H and O–H groups in total. The zero-order valence-electron chi connectivity index (χ0n) is 20.0. The lowest BCUT2D eigenvalue weighted by molar-refractivity contribution is -0.113. The lowest BCUT2D eigenvalue weighted by Gasteiger charge is -2.13. The number of thioether (sulfide) groups is 1. The second-order valence-corrected chi connectivity index (χ2v) is 8.78. The van der Waals surface area contributed by atoms with Crippen molar-refractivity contribution in [2.24, 2.45) is 0 Å². The Bertz CT molecular complexity index is 1270. The molecule has 0 fully saturated rings. The summed E-state index contributed by atoms with van der Waals surface area (Å²) in [5.41, 5.74) is 3.96. The smallest absolute Gasteiger partial charge is 0.234 e. The van der Waals surface area contributed by atoms with Crippen molar-refractivity contribution in [2.75, 3.05) is 18.2 Å². The van der Waals surface area contributed by atoms with Crippen LogP contribution in [0.1, 0.15) is 23.9 Å². The summed E-state index contributed by atoms with van der Waals surface area (Å²) in [6, 6.07) is 23.2. The van der Waals surface area contributed by atoms with Gasteiger partial charge in [-0.25, -0.2) is 0 Å². The van der Waals surface area contributed by atoms with E-state index in [0.29, 0.717) is 16.7 Å². The molecule has 180 valence electrons. The predicted molar refractivity (Wildman–Crippen MR) is 139 cm³/mol. The SMILES string of the molecule is CCc1cccc(C)c1NC(=O)CSc1nnc(COc2ccc(OC)cc2)n1-c1ccccc1. The Balaban J connectivity index is 1.49. The van der Waals surface area contributed by atoms with E-state index in [0.717, 1.165) is 34.7 Å². The van der Waals surface area contributed by atoms with Gasteiger partial charge in [0.05, 0.1) is 12.9 Å². The molecule has 0 aliphatic carbocycles. The Hall–Kier alpha value is -3.78. The topological polar surface area (TPSA) is 78.3 Å². The molecule has 3 aromatic carbocycles. The Kier molecular flexibility index (Phi) is 8.05. The molecular formula is C27H28N4O3S. The molecule has 0 atom stereocenters. The number of rotatable bonds is 10. The second-order valence-electron chi connectivity index (χ2n) is 7.83. The summed E-state index contributed by atoms with van der Waals surface area (Å²) in [4.78, 5) is 12.8. The first-order chi connectivity index (χ1) is 17.1. The van der Waals surface area contributed by atoms with Crippen molar-refractivity contribution >= 4 is 23.4 Å². The van der Waals surface area contributed by atoms with Gasteiger partial charge < -0.3 is 14.8 Å². The molecule has 1 amide bonds. The summed E-state index contributed by atoms with van der Waals surface area (Å²) in [7, 11) is 1.63. The maximum Gasteiger partial charge on any atom is 0.234 e. The highest BCUT2D eigenvalue weighted by molar-refractivity contribution is 7.99. The van der Waals surface area contributed by atoms with Gasteiger partial charge in [-0.15, -0.1) is 10.2 Å². The Labute approximate surface area is 209 Å². The van der Waals surface area contributed by atoms with Crippen LogP contribution in [-0.4, -0.2) is 33.5 Å². The standard InChI is InChI=1S/C27H28N4O3S/c1-4-20-10-8-9-19(2)26(20)28-25(32)18-35-27-30-29-24(31(27)21-11-6-5-7-12-21)17-34-23-15-13-22(33-3)14-16-23/h5-16H,4,17-18H2,1-3H3,(H,28,32). The third-order valence-electron chi connectivity index (χ3n) is 5.48. The summed E-state index contributed by atoms with van der Waals surface area (Å²) in [5, 5.41) is 12.4. The van der Waals surface area contributed by atoms with Crippen LogP contribution in [0.4, 0.5) is 5.69 Å². The van der Waals surface area contributed by atoms with Crippen LogP contribution in [0, 0.1) is 6.92 Å². The molecule has 1 heterocycles. The first-order valence-corrected chi connectivity index (χ1v) is 12.3. The van der Waals surface area contributed by atoms with Crippen molar-refractivity contribution in [3.05, 3.63) is 89.7 Å². The molecule has 8 heteroatoms. The number of nitrogens with one attached hydrogen (secondary N) is 1. The van der Waals surface area contributed by atoms with Gasteiger partial charge in [0.1, 0.15) is 18.1 Å². The highest BCUT2D eigenvalue weighted by atomic mass is 32.2. The van der Waals surface area contributed by atoms with Crippen LogP contribution < -0.4 is 14.8 Å². The second kappa shape index (κ2) is 11.6. The van der Waals surface area contributed by atoms with E-state index in [2.05, 4.69) is 22.4 Å². The van der Waals surface area contributed by atoms with Crippen LogP contribution >= 0.6 is 11.8 Å². The van der Waals surface area contributed by atoms with E-state index in [-0.39, 0.29) is 18.3 Å². The van der Waals surface area contributed by atoms with Crippen molar-refractivity contribution in [3.8, 4) is 17.2 Å². The fourth-order valence-corrected chi connectivity index (χ4v) is 4.42. The molecule has 0 radical (unpaired) electrons. The van der Waals surface area contributed by atoms with Crippen molar-refractivity contribution in [2.45, 2.75) is 32.0 Å². The number of ether oxygens (including phenoxy) is 2. The van der Waals surface area contributed by atoms with Crippen molar-refractivity contribution in [1.82, 2.24) is 14.8 Å². The molecule has 4 rings (SSSR count). The monoisotopic (exact) mass is 488 g/mol. The molecule has 4 aromatic rings. The Morgan fingerprint density at radius 2 is 1.71 bits per heavy atom. The summed E-state index contributed by atoms with van der Waals surface area (Å²) in [6.45, 7) is 4.31. The molecule has 0 aliphatic heterocycles. The molecule has 0 saturated heterocycles. The number of hydrogen-bond acceptors (Lipinski definition) is 6. The first-order valence-electron chi connectivity index (χ1n) is 11.4. The molecular weight excluding hydrogens is 460 g/mol. The average Bonchev–Trinajstić information content (AvgIpc) is 3.31. The van der Waals surface area contributed by atoms with E-state index in [9.17, 15) is 4.79 Å². The number of aryl methyl sites for hydroxylation is 2. The Morgan fingerprint density at radius 3 is 2.43 bits per heavy atom. The largest absolute Gasteiger partial charge is 0.497 e. The number of anilines is 1. The van der Waals surface area contributed by atoms with Crippen LogP contribution in [0.25, 0.3) is 5.69 Å². The van der Waals surface area contributed by atoms with E-state index >= 15 is 0 Å². The van der Waals surface area contributed by atoms with Crippen molar-refractivity contribution < 1.29 is 14.3 Å². The molecule has 0 spiro atoms. The minimum absolute atomic E-state index is 0.0855. The summed E-state index contributed by atoms with van der Waals surface area (Å²) < 4.78 is 13.1. The summed E-state index contributed by atoms with van der Waals surface area (Å²) in [6.07, 6.45) is 0.852. The number of hydrogen-bond donors (Lipinski definition) is 1. The molecule has 7 nitrogen and oxygen atoms in total. The highest BCUT2D eigenvalue weighted by Crippen LogP contribution is 2.25. The number of para-hydroxylation sites is 2.